The van der Waals surface area contributed by atoms with Crippen LogP contribution in [-0.2, 0) is 26.7 Å². The van der Waals surface area contributed by atoms with Crippen LogP contribution in [0.4, 0.5) is 51.8 Å². The molecule has 0 saturated heterocycles. The maximum Gasteiger partial charge on any atom is 3.00 e. The molecule has 0 saturated carbocycles. The molecule has 1 rings (SSSR count). The molecule has 173 valence electrons. The van der Waals surface area contributed by atoms with Gasteiger partial charge in [-0.1, -0.05) is 0 Å². The van der Waals surface area contributed by atoms with Gasteiger partial charge in [-0.3, -0.25) is 9.59 Å². The number of rotatable bonds is 1. The van der Waals surface area contributed by atoms with Crippen LogP contribution in [0.2, 0.25) is 0 Å². The Kier molecular flexibility index (Phi) is 29.7. The van der Waals surface area contributed by atoms with Crippen LogP contribution in [-0.4, -0.2) is 55.3 Å². The Morgan fingerprint density at radius 3 is 0.966 bits per heavy atom. The van der Waals surface area contributed by atoms with E-state index in [1.54, 1.807) is 5.31 Å². The van der Waals surface area contributed by atoms with Crippen LogP contribution in [0.15, 0.2) is 23.5 Å². The number of hydrogen-bond acceptors (Lipinski definition) is 2. The first-order valence-corrected chi connectivity index (χ1v) is 9.99. The van der Waals surface area contributed by atoms with E-state index in [0.717, 1.165) is 0 Å². The zero-order valence-electron chi connectivity index (χ0n) is 14.9. The van der Waals surface area contributed by atoms with Crippen molar-refractivity contribution in [2.75, 3.05) is 20.0 Å². The SMILES string of the molecule is C[PH](C)(C)C1=CC=CC1.F[B-](F)(F)F.F[B-](F)(F)F.F[B-](F)(F)F.[C]=O.[C]=O.[Fe+3]. The Morgan fingerprint density at radius 2 is 0.897 bits per heavy atom. The van der Waals surface area contributed by atoms with Crippen molar-refractivity contribution < 1.29 is 78.4 Å². The first kappa shape index (κ1) is 42.3. The Hall–Kier alpha value is -0.876. The van der Waals surface area contributed by atoms with Crippen LogP contribution < -0.4 is 0 Å². The van der Waals surface area contributed by atoms with Gasteiger partial charge in [0.15, 0.2) is 0 Å². The monoisotopic (exact) mass is 515 g/mol. The first-order chi connectivity index (χ1) is 12.1. The normalized spacial score (nSPS) is 12.7. The minimum absolute atomic E-state index is 0. The fourth-order valence-corrected chi connectivity index (χ4v) is 2.33. The van der Waals surface area contributed by atoms with Crippen molar-refractivity contribution in [3.8, 4) is 0 Å². The number of halogens is 12. The maximum atomic E-state index is 9.75. The van der Waals surface area contributed by atoms with Crippen LogP contribution in [0.5, 0.6) is 0 Å². The van der Waals surface area contributed by atoms with Gasteiger partial charge >= 0.3 is 96.1 Å². The maximum absolute atomic E-state index is 9.75. The quantitative estimate of drug-likeness (QED) is 0.261. The Bertz CT molecular complexity index is 387. The molecule has 5 radical (unpaired) electrons. The van der Waals surface area contributed by atoms with Crippen LogP contribution >= 0.6 is 7.26 Å². The summed E-state index contributed by atoms with van der Waals surface area (Å²) < 4.78 is 117. The van der Waals surface area contributed by atoms with Crippen molar-refractivity contribution in [3.05, 3.63) is 23.5 Å². The van der Waals surface area contributed by atoms with Gasteiger partial charge in [-0.15, -0.1) is 0 Å². The zero-order valence-corrected chi connectivity index (χ0v) is 17.0. The number of allylic oxidation sites excluding steroid dienone is 4. The molecule has 0 N–H and O–H groups in total. The summed E-state index contributed by atoms with van der Waals surface area (Å²) in [5.74, 6) is 0. The van der Waals surface area contributed by atoms with Crippen LogP contribution in [0, 0.1) is 0 Å². The molecule has 0 aromatic rings. The van der Waals surface area contributed by atoms with Gasteiger partial charge in [-0.05, 0) is 0 Å². The molecule has 2 nitrogen and oxygen atoms in total. The summed E-state index contributed by atoms with van der Waals surface area (Å²) in [5, 5.41) is 1.68. The van der Waals surface area contributed by atoms with E-state index in [1.807, 2.05) is 0 Å². The molecule has 1 aliphatic rings. The molecule has 0 bridgehead atoms. The van der Waals surface area contributed by atoms with Crippen LogP contribution in [0.3, 0.4) is 0 Å². The minimum Gasteiger partial charge on any atom is -0.418 e. The summed E-state index contributed by atoms with van der Waals surface area (Å²) in [6.45, 7) is 16.2. The zero-order chi connectivity index (χ0) is 24.4. The van der Waals surface area contributed by atoms with Crippen molar-refractivity contribution in [1.82, 2.24) is 0 Å². The molecule has 0 amide bonds. The second-order valence-corrected chi connectivity index (χ2v) is 10.2. The molecule has 0 spiro atoms. The molecule has 0 aromatic heterocycles. The van der Waals surface area contributed by atoms with Crippen molar-refractivity contribution in [1.29, 1.82) is 0 Å². The van der Waals surface area contributed by atoms with Gasteiger partial charge in [-0.2, -0.15) is 0 Å². The summed E-state index contributed by atoms with van der Waals surface area (Å²) in [7, 11) is -18.9. The topological polar surface area (TPSA) is 34.1 Å². The van der Waals surface area contributed by atoms with E-state index in [-0.39, 0.29) is 17.1 Å². The van der Waals surface area contributed by atoms with Gasteiger partial charge in [-0.25, -0.2) is 0 Å². The molecule has 0 unspecified atom stereocenters. The standard InChI is InChI=1S/C8H15P.2CO.3BF4.Fe/c1-9(2,3)8-6-4-5-7-8;2*1-2;3*2-1(3,4)5;/h4-6,9H,7H2,1-3H3;;;;;;/q;;;3*-1;+3. The third-order valence-electron chi connectivity index (χ3n) is 1.73. The average molecular weight is 514 g/mol. The van der Waals surface area contributed by atoms with Gasteiger partial charge in [0.25, 0.3) is 13.6 Å². The fraction of sp³-hybridized carbons (Fsp3) is 0.400. The Balaban J connectivity index is -0.0000000589. The minimum atomic E-state index is -6.00. The molecular weight excluding hydrogens is 499 g/mol. The second-order valence-electron chi connectivity index (χ2n) is 5.06. The average Bonchev–Trinajstić information content (AvgIpc) is 2.91. The molecule has 0 aliphatic heterocycles. The summed E-state index contributed by atoms with van der Waals surface area (Å²) >= 11 is 0. The summed E-state index contributed by atoms with van der Waals surface area (Å²) in [6, 6.07) is 0. The van der Waals surface area contributed by atoms with E-state index in [4.69, 9.17) is 9.59 Å². The van der Waals surface area contributed by atoms with Gasteiger partial charge in [0.2, 0.25) is 0 Å². The molecule has 29 heavy (non-hydrogen) atoms. The third-order valence-corrected chi connectivity index (χ3v) is 4.03. The van der Waals surface area contributed by atoms with Gasteiger partial charge in [0.1, 0.15) is 0 Å². The number of hydrogen-bond donors (Lipinski definition) is 0. The predicted molar refractivity (Wildman–Crippen MR) is 89.9 cm³/mol. The molecule has 1 aliphatic carbocycles. The fourth-order valence-electron chi connectivity index (χ4n) is 1.00. The van der Waals surface area contributed by atoms with Gasteiger partial charge < -0.3 is 51.8 Å². The van der Waals surface area contributed by atoms with Crippen molar-refractivity contribution in [3.63, 3.8) is 0 Å². The first-order valence-electron chi connectivity index (χ1n) is 6.49. The van der Waals surface area contributed by atoms with E-state index in [0.29, 0.717) is 0 Å². The molecule has 0 fully saturated rings. The van der Waals surface area contributed by atoms with Crippen molar-refractivity contribution in [2.45, 2.75) is 6.42 Å². The largest absolute Gasteiger partial charge is 3.00 e. The van der Waals surface area contributed by atoms with E-state index >= 15 is 0 Å². The number of carbonyl (C=O) groups excluding carboxylic acids is 2. The van der Waals surface area contributed by atoms with Crippen molar-refractivity contribution in [2.24, 2.45) is 0 Å². The molecule has 0 atom stereocenters. The van der Waals surface area contributed by atoms with E-state index in [1.165, 1.54) is 6.42 Å². The Morgan fingerprint density at radius 1 is 0.690 bits per heavy atom. The summed E-state index contributed by atoms with van der Waals surface area (Å²) in [6.07, 6.45) is 7.92. The molecule has 0 aromatic carbocycles. The van der Waals surface area contributed by atoms with Crippen LogP contribution in [0.1, 0.15) is 6.42 Å². The summed E-state index contributed by atoms with van der Waals surface area (Å²) in [4.78, 5) is 15.0. The third kappa shape index (κ3) is 116. The molecule has 0 heterocycles. The smallest absolute Gasteiger partial charge is 0.418 e. The second kappa shape index (κ2) is 20.4. The molecular formula is C10H15B3F12FeO2P. The van der Waals surface area contributed by atoms with Gasteiger partial charge in [0.05, 0.1) is 0 Å². The van der Waals surface area contributed by atoms with Gasteiger partial charge in [0, 0.05) is 0 Å². The molecule has 19 heteroatoms. The summed E-state index contributed by atoms with van der Waals surface area (Å²) in [5.41, 5.74) is 0. The van der Waals surface area contributed by atoms with E-state index < -0.39 is 29.0 Å². The Labute approximate surface area is 171 Å². The van der Waals surface area contributed by atoms with E-state index in [9.17, 15) is 51.8 Å². The van der Waals surface area contributed by atoms with Crippen LogP contribution in [0.25, 0.3) is 0 Å². The predicted octanol–water partition coefficient (Wildman–Crippen LogP) is 5.57. The van der Waals surface area contributed by atoms with E-state index in [2.05, 4.69) is 51.8 Å². The van der Waals surface area contributed by atoms with Crippen molar-refractivity contribution >= 4 is 42.6 Å².